The minimum atomic E-state index is -2.85. The minimum absolute atomic E-state index is 0.0466. The van der Waals surface area contributed by atoms with Crippen LogP contribution in [0.1, 0.15) is 65.1 Å². The summed E-state index contributed by atoms with van der Waals surface area (Å²) in [7, 11) is 2.57. The molecular weight excluding hydrogens is 964 g/mol. The van der Waals surface area contributed by atoms with Crippen molar-refractivity contribution in [2.24, 2.45) is 17.8 Å². The maximum absolute atomic E-state index is 15.9. The van der Waals surface area contributed by atoms with Crippen molar-refractivity contribution in [1.29, 1.82) is 0 Å². The number of fused-ring (bicyclic) bond motifs is 4. The third-order valence-corrected chi connectivity index (χ3v) is 26.8. The van der Waals surface area contributed by atoms with Gasteiger partial charge in [0.25, 0.3) is 0 Å². The third kappa shape index (κ3) is 7.13. The van der Waals surface area contributed by atoms with Crippen LogP contribution in [-0.4, -0.2) is 11.0 Å². The zero-order valence-corrected chi connectivity index (χ0v) is 42.4. The fourth-order valence-electron chi connectivity index (χ4n) is 12.3. The SMILES string of the molecule is CCc1cccc(C2Nc3ccccc3[I-]2(C)C2=CC=C(C3=c4ccccc4=C(C4=CC[C@H](N5c6ccccc6NC5c5cccc(P)c5F)C=C4)C4C=CC(C5C=CC=CC5)=CC34)CC2)c1C. The number of para-hydroxylation sites is 3. The monoisotopic (exact) mass is 1020 g/mol. The van der Waals surface area contributed by atoms with Gasteiger partial charge in [-0.25, -0.2) is 4.39 Å². The van der Waals surface area contributed by atoms with Crippen LogP contribution in [0.15, 0.2) is 202 Å². The molecule has 2 N–H and O–H groups in total. The molecule has 0 aromatic heterocycles. The average molecular weight is 1020 g/mol. The molecule has 2 aliphatic heterocycles. The van der Waals surface area contributed by atoms with Gasteiger partial charge in [0.2, 0.25) is 0 Å². The van der Waals surface area contributed by atoms with Crippen LogP contribution in [-0.2, 0) is 6.42 Å². The Balaban J connectivity index is 0.962. The van der Waals surface area contributed by atoms with Gasteiger partial charge >= 0.3 is 310 Å². The summed E-state index contributed by atoms with van der Waals surface area (Å²) in [5.74, 6) is 0.578. The van der Waals surface area contributed by atoms with E-state index in [0.29, 0.717) is 20.8 Å². The zero-order valence-electron chi connectivity index (χ0n) is 39.1. The Kier molecular flexibility index (Phi) is 11.3. The summed E-state index contributed by atoms with van der Waals surface area (Å²) >= 11 is -2.85. The summed E-state index contributed by atoms with van der Waals surface area (Å²) in [6.07, 6.45) is 33.7. The molecule has 8 atom stereocenters. The van der Waals surface area contributed by atoms with Crippen LogP contribution in [0.5, 0.6) is 0 Å². The molecule has 0 amide bonds. The standard InChI is InChI=1S/C62H59FIN3P/c1-4-40-18-14-21-47(39(40)2)61-64(3,53-23-10-11-24-54(53)65-61)45-33-28-42(29-34-45)59-49-20-9-8-19-48(49)58(50-37-32-44(38-52(50)59)41-16-6-5-7-17-41)43-30-35-46(36-31-43)67-56-26-13-12-25-55(56)66-62(67)51-22-15-27-57(68)60(51)63/h5-16,18-28,30-33,35,37-38,41,46,50,52,61-62,65-66H,4,17,29,34,36,68H2,1-3H3/q-1/t41?,46-,50?,52?,61?,62?/m1/s1. The van der Waals surface area contributed by atoms with E-state index in [9.17, 15) is 0 Å². The van der Waals surface area contributed by atoms with Crippen molar-refractivity contribution in [2.75, 3.05) is 20.5 Å². The summed E-state index contributed by atoms with van der Waals surface area (Å²) in [6.45, 7) is 4.63. The Morgan fingerprint density at radius 3 is 2.29 bits per heavy atom. The molecule has 7 aliphatic rings. The van der Waals surface area contributed by atoms with Crippen molar-refractivity contribution in [2.45, 2.75) is 62.2 Å². The molecule has 5 aromatic carbocycles. The molecular formula is C62H59FIN3P-. The van der Waals surface area contributed by atoms with E-state index in [-0.39, 0.29) is 29.9 Å². The fourth-order valence-corrected chi connectivity index (χ4v) is 22.6. The summed E-state index contributed by atoms with van der Waals surface area (Å²) in [5.41, 5.74) is 15.6. The van der Waals surface area contributed by atoms with Crippen LogP contribution in [0.4, 0.5) is 21.5 Å². The molecule has 0 bridgehead atoms. The molecule has 0 fully saturated rings. The predicted octanol–water partition coefficient (Wildman–Crippen LogP) is 9.65. The molecule has 68 heavy (non-hydrogen) atoms. The second kappa shape index (κ2) is 17.6. The van der Waals surface area contributed by atoms with Crippen molar-refractivity contribution in [1.82, 2.24) is 0 Å². The third-order valence-electron chi connectivity index (χ3n) is 15.8. The van der Waals surface area contributed by atoms with E-state index in [0.717, 1.165) is 43.5 Å². The number of nitrogens with zero attached hydrogens (tertiary/aromatic N) is 1. The number of halogens is 2. The number of alkyl halides is 2. The van der Waals surface area contributed by atoms with Crippen molar-refractivity contribution in [3.8, 4) is 0 Å². The number of nitrogens with one attached hydrogen (secondary N) is 2. The number of benzene rings is 5. The van der Waals surface area contributed by atoms with Gasteiger partial charge in [-0.15, -0.1) is 9.24 Å². The second-order valence-electron chi connectivity index (χ2n) is 19.3. The van der Waals surface area contributed by atoms with Crippen molar-refractivity contribution >= 4 is 42.8 Å². The number of aryl methyl sites for hydroxylation is 1. The second-order valence-corrected chi connectivity index (χ2v) is 28.9. The number of hydrogen-bond donors (Lipinski definition) is 2. The Morgan fingerprint density at radius 2 is 1.51 bits per heavy atom. The summed E-state index contributed by atoms with van der Waals surface area (Å²) in [6, 6.07) is 39.6. The van der Waals surface area contributed by atoms with Gasteiger partial charge in [0.15, 0.2) is 0 Å². The average Bonchev–Trinajstić information content (AvgIpc) is 3.92. The first-order chi connectivity index (χ1) is 33.3. The van der Waals surface area contributed by atoms with Crippen molar-refractivity contribution in [3.05, 3.63) is 244 Å². The zero-order chi connectivity index (χ0) is 46.1. The van der Waals surface area contributed by atoms with E-state index >= 15 is 4.39 Å². The molecule has 0 saturated heterocycles. The van der Waals surface area contributed by atoms with Crippen LogP contribution >= 0.6 is 9.24 Å². The van der Waals surface area contributed by atoms with E-state index in [4.69, 9.17) is 0 Å². The number of rotatable bonds is 8. The van der Waals surface area contributed by atoms with Gasteiger partial charge in [-0.05, 0) is 12.1 Å². The molecule has 7 unspecified atom stereocenters. The predicted molar refractivity (Wildman–Crippen MR) is 283 cm³/mol. The number of hydrogen-bond acceptors (Lipinski definition) is 3. The molecule has 6 heteroatoms. The molecule has 0 saturated carbocycles. The van der Waals surface area contributed by atoms with E-state index in [1.165, 1.54) is 60.7 Å². The maximum atomic E-state index is 15.9. The van der Waals surface area contributed by atoms with Gasteiger partial charge in [0.1, 0.15) is 12.0 Å². The fraction of sp³-hybridized carbons (Fsp3) is 0.226. The number of allylic oxidation sites excluding steroid dienone is 14. The molecule has 3 nitrogen and oxygen atoms in total. The summed E-state index contributed by atoms with van der Waals surface area (Å²) < 4.78 is 19.4. The van der Waals surface area contributed by atoms with Gasteiger partial charge < -0.3 is 10.2 Å². The number of anilines is 3. The summed E-state index contributed by atoms with van der Waals surface area (Å²) in [4.78, 5) is 5.05. The van der Waals surface area contributed by atoms with Gasteiger partial charge in [-0.2, -0.15) is 0 Å². The molecule has 0 spiro atoms. The van der Waals surface area contributed by atoms with E-state index in [1.54, 1.807) is 7.15 Å². The van der Waals surface area contributed by atoms with Gasteiger partial charge in [0.05, 0.1) is 11.4 Å². The van der Waals surface area contributed by atoms with Crippen LogP contribution in [0.2, 0.25) is 0 Å². The van der Waals surface area contributed by atoms with E-state index in [1.807, 2.05) is 18.2 Å². The molecule has 342 valence electrons. The molecule has 5 aliphatic carbocycles. The Hall–Kier alpha value is -5.75. The van der Waals surface area contributed by atoms with E-state index in [2.05, 4.69) is 207 Å². The van der Waals surface area contributed by atoms with Crippen LogP contribution in [0, 0.1) is 34.1 Å². The van der Waals surface area contributed by atoms with Gasteiger partial charge in [0, 0.05) is 10.9 Å². The molecule has 12 rings (SSSR count). The normalized spacial score (nSPS) is 27.4. The topological polar surface area (TPSA) is 27.3 Å². The van der Waals surface area contributed by atoms with Crippen LogP contribution < -0.4 is 49.7 Å². The molecule has 2 heterocycles. The van der Waals surface area contributed by atoms with Crippen LogP contribution in [0.3, 0.4) is 0 Å². The Labute approximate surface area is 407 Å². The van der Waals surface area contributed by atoms with E-state index < -0.39 is 18.4 Å². The Bertz CT molecular complexity index is 3290. The first kappa shape index (κ1) is 43.5. The summed E-state index contributed by atoms with van der Waals surface area (Å²) in [5, 5.41) is 11.1. The van der Waals surface area contributed by atoms with Crippen molar-refractivity contribution < 1.29 is 22.8 Å². The molecule has 0 radical (unpaired) electrons. The first-order valence-electron chi connectivity index (χ1n) is 24.5. The van der Waals surface area contributed by atoms with Crippen LogP contribution in [0.25, 0.3) is 11.1 Å². The van der Waals surface area contributed by atoms with Gasteiger partial charge in [-0.3, -0.25) is 0 Å². The Morgan fingerprint density at radius 1 is 0.735 bits per heavy atom. The van der Waals surface area contributed by atoms with Gasteiger partial charge in [-0.1, -0.05) is 30.3 Å². The molecule has 5 aromatic rings. The van der Waals surface area contributed by atoms with Crippen molar-refractivity contribution in [3.63, 3.8) is 0 Å². The first-order valence-corrected chi connectivity index (χ1v) is 30.6. The quantitative estimate of drug-likeness (QED) is 0.0703.